The summed E-state index contributed by atoms with van der Waals surface area (Å²) in [6.45, 7) is 0. The van der Waals surface area contributed by atoms with Crippen LogP contribution in [-0.2, 0) is 0 Å². The SMILES string of the molecule is Nc1cccc2c(Oc3cc(Br)cc(F)c3F)ccnc12. The minimum atomic E-state index is -1.05. The van der Waals surface area contributed by atoms with Gasteiger partial charge in [0.15, 0.2) is 11.6 Å². The van der Waals surface area contributed by atoms with Gasteiger partial charge < -0.3 is 10.5 Å². The number of ether oxygens (including phenoxy) is 1. The molecular formula is C15H9BrF2N2O. The van der Waals surface area contributed by atoms with Crippen LogP contribution in [0.5, 0.6) is 11.5 Å². The van der Waals surface area contributed by atoms with Gasteiger partial charge in [0.1, 0.15) is 5.75 Å². The van der Waals surface area contributed by atoms with Crippen molar-refractivity contribution in [2.45, 2.75) is 0 Å². The molecule has 3 nitrogen and oxygen atoms in total. The predicted molar refractivity (Wildman–Crippen MR) is 80.3 cm³/mol. The molecular weight excluding hydrogens is 342 g/mol. The number of hydrogen-bond acceptors (Lipinski definition) is 3. The molecule has 21 heavy (non-hydrogen) atoms. The monoisotopic (exact) mass is 350 g/mol. The van der Waals surface area contributed by atoms with Crippen LogP contribution < -0.4 is 10.5 Å². The number of pyridine rings is 1. The standard InChI is InChI=1S/C15H9BrF2N2O/c16-8-6-10(17)14(18)13(7-8)21-12-4-5-20-15-9(12)2-1-3-11(15)19/h1-7H,19H2. The maximum Gasteiger partial charge on any atom is 0.201 e. The molecule has 0 radical (unpaired) electrons. The molecule has 0 saturated carbocycles. The largest absolute Gasteiger partial charge is 0.453 e. The second kappa shape index (κ2) is 5.29. The number of anilines is 1. The number of nitrogens with zero attached hydrogens (tertiary/aromatic N) is 1. The number of rotatable bonds is 2. The van der Waals surface area contributed by atoms with E-state index in [1.807, 2.05) is 0 Å². The molecule has 3 rings (SSSR count). The number of halogens is 3. The fraction of sp³-hybridized carbons (Fsp3) is 0. The fourth-order valence-electron chi connectivity index (χ4n) is 1.99. The number of para-hydroxylation sites is 1. The summed E-state index contributed by atoms with van der Waals surface area (Å²) >= 11 is 3.10. The highest BCUT2D eigenvalue weighted by Crippen LogP contribution is 2.34. The quantitative estimate of drug-likeness (QED) is 0.540. The summed E-state index contributed by atoms with van der Waals surface area (Å²) in [4.78, 5) is 4.16. The Morgan fingerprint density at radius 1 is 1.10 bits per heavy atom. The number of nitrogen functional groups attached to an aromatic ring is 1. The zero-order chi connectivity index (χ0) is 15.0. The van der Waals surface area contributed by atoms with Crippen molar-refractivity contribution in [1.29, 1.82) is 0 Å². The van der Waals surface area contributed by atoms with Crippen molar-refractivity contribution in [3.63, 3.8) is 0 Å². The Bertz CT molecular complexity index is 839. The van der Waals surface area contributed by atoms with E-state index in [1.54, 1.807) is 24.3 Å². The van der Waals surface area contributed by atoms with Crippen LogP contribution in [0.15, 0.2) is 47.1 Å². The third-order valence-electron chi connectivity index (χ3n) is 2.94. The van der Waals surface area contributed by atoms with Crippen molar-refractivity contribution in [1.82, 2.24) is 4.98 Å². The molecule has 1 aromatic heterocycles. The normalized spacial score (nSPS) is 10.8. The highest BCUT2D eigenvalue weighted by atomic mass is 79.9. The molecule has 0 bridgehead atoms. The Morgan fingerprint density at radius 2 is 1.90 bits per heavy atom. The zero-order valence-electron chi connectivity index (χ0n) is 10.6. The van der Waals surface area contributed by atoms with Gasteiger partial charge in [-0.1, -0.05) is 22.0 Å². The smallest absolute Gasteiger partial charge is 0.201 e. The fourth-order valence-corrected chi connectivity index (χ4v) is 2.40. The first-order valence-corrected chi connectivity index (χ1v) is 6.81. The lowest BCUT2D eigenvalue weighted by Crippen LogP contribution is -1.95. The van der Waals surface area contributed by atoms with E-state index in [0.29, 0.717) is 26.8 Å². The first kappa shape index (κ1) is 13.8. The molecule has 0 aliphatic heterocycles. The number of nitrogens with two attached hydrogens (primary N) is 1. The van der Waals surface area contributed by atoms with E-state index in [-0.39, 0.29) is 5.75 Å². The second-order valence-corrected chi connectivity index (χ2v) is 5.27. The molecule has 0 aliphatic rings. The van der Waals surface area contributed by atoms with E-state index in [4.69, 9.17) is 10.5 Å². The van der Waals surface area contributed by atoms with Crippen molar-refractivity contribution in [2.24, 2.45) is 0 Å². The van der Waals surface area contributed by atoms with Crippen molar-refractivity contribution in [3.8, 4) is 11.5 Å². The van der Waals surface area contributed by atoms with Crippen LogP contribution in [0, 0.1) is 11.6 Å². The van der Waals surface area contributed by atoms with Crippen molar-refractivity contribution >= 4 is 32.5 Å². The van der Waals surface area contributed by atoms with Gasteiger partial charge in [0.05, 0.1) is 11.2 Å². The molecule has 6 heteroatoms. The summed E-state index contributed by atoms with van der Waals surface area (Å²) in [6.07, 6.45) is 1.50. The lowest BCUT2D eigenvalue weighted by molar-refractivity contribution is 0.418. The average Bonchev–Trinajstić information content (AvgIpc) is 2.45. The predicted octanol–water partition coefficient (Wildman–Crippen LogP) is 4.65. The Morgan fingerprint density at radius 3 is 2.71 bits per heavy atom. The molecule has 0 unspecified atom stereocenters. The average molecular weight is 351 g/mol. The van der Waals surface area contributed by atoms with Gasteiger partial charge in [0.2, 0.25) is 5.82 Å². The molecule has 3 aromatic rings. The van der Waals surface area contributed by atoms with E-state index in [0.717, 1.165) is 6.07 Å². The van der Waals surface area contributed by atoms with Gasteiger partial charge in [-0.2, -0.15) is 4.39 Å². The maximum atomic E-state index is 13.8. The molecule has 0 spiro atoms. The topological polar surface area (TPSA) is 48.1 Å². The van der Waals surface area contributed by atoms with Gasteiger partial charge in [-0.15, -0.1) is 0 Å². The van der Waals surface area contributed by atoms with E-state index in [9.17, 15) is 8.78 Å². The van der Waals surface area contributed by atoms with Crippen LogP contribution in [0.25, 0.3) is 10.9 Å². The van der Waals surface area contributed by atoms with E-state index in [2.05, 4.69) is 20.9 Å². The van der Waals surface area contributed by atoms with Crippen molar-refractivity contribution < 1.29 is 13.5 Å². The first-order valence-electron chi connectivity index (χ1n) is 6.02. The lowest BCUT2D eigenvalue weighted by atomic mass is 10.2. The second-order valence-electron chi connectivity index (χ2n) is 4.35. The summed E-state index contributed by atoms with van der Waals surface area (Å²) in [5.74, 6) is -1.90. The van der Waals surface area contributed by atoms with Gasteiger partial charge >= 0.3 is 0 Å². The van der Waals surface area contributed by atoms with Crippen LogP contribution in [-0.4, -0.2) is 4.98 Å². The van der Waals surface area contributed by atoms with Crippen LogP contribution in [0.3, 0.4) is 0 Å². The number of hydrogen-bond donors (Lipinski definition) is 1. The van der Waals surface area contributed by atoms with Gasteiger partial charge in [0.25, 0.3) is 0 Å². The van der Waals surface area contributed by atoms with Crippen molar-refractivity contribution in [2.75, 3.05) is 5.73 Å². The van der Waals surface area contributed by atoms with Gasteiger partial charge in [-0.05, 0) is 30.3 Å². The van der Waals surface area contributed by atoms with Gasteiger partial charge in [-0.3, -0.25) is 4.98 Å². The zero-order valence-corrected chi connectivity index (χ0v) is 12.2. The van der Waals surface area contributed by atoms with Crippen LogP contribution in [0.4, 0.5) is 14.5 Å². The summed E-state index contributed by atoms with van der Waals surface area (Å²) in [7, 11) is 0. The molecule has 0 amide bonds. The molecule has 0 aliphatic carbocycles. The summed E-state index contributed by atoms with van der Waals surface area (Å²) in [5, 5.41) is 0.622. The summed E-state index contributed by atoms with van der Waals surface area (Å²) in [6, 6.07) is 9.16. The molecule has 106 valence electrons. The molecule has 0 atom stereocenters. The number of fused-ring (bicyclic) bond motifs is 1. The summed E-state index contributed by atoms with van der Waals surface area (Å²) < 4.78 is 33.1. The molecule has 0 saturated heterocycles. The highest BCUT2D eigenvalue weighted by Gasteiger charge is 2.14. The Hall–Kier alpha value is -2.21. The minimum absolute atomic E-state index is 0.211. The minimum Gasteiger partial charge on any atom is -0.453 e. The van der Waals surface area contributed by atoms with Gasteiger partial charge in [0, 0.05) is 16.1 Å². The van der Waals surface area contributed by atoms with Crippen LogP contribution in [0.1, 0.15) is 0 Å². The van der Waals surface area contributed by atoms with E-state index >= 15 is 0 Å². The Balaban J connectivity index is 2.13. The highest BCUT2D eigenvalue weighted by molar-refractivity contribution is 9.10. The molecule has 2 aromatic carbocycles. The van der Waals surface area contributed by atoms with E-state index < -0.39 is 11.6 Å². The van der Waals surface area contributed by atoms with Crippen molar-refractivity contribution in [3.05, 3.63) is 58.7 Å². The van der Waals surface area contributed by atoms with Crippen LogP contribution >= 0.6 is 15.9 Å². The third-order valence-corrected chi connectivity index (χ3v) is 3.40. The van der Waals surface area contributed by atoms with Gasteiger partial charge in [-0.25, -0.2) is 4.39 Å². The number of benzene rings is 2. The lowest BCUT2D eigenvalue weighted by Gasteiger charge is -2.11. The summed E-state index contributed by atoms with van der Waals surface area (Å²) in [5.41, 5.74) is 6.87. The number of aromatic nitrogens is 1. The molecule has 1 heterocycles. The molecule has 0 fully saturated rings. The maximum absolute atomic E-state index is 13.8. The molecule has 2 N–H and O–H groups in total. The third kappa shape index (κ3) is 2.54. The van der Waals surface area contributed by atoms with Crippen LogP contribution in [0.2, 0.25) is 0 Å². The van der Waals surface area contributed by atoms with E-state index in [1.165, 1.54) is 12.3 Å². The first-order chi connectivity index (χ1) is 10.1. The Kier molecular flexibility index (Phi) is 3.47. The Labute approximate surface area is 127 Å².